The number of esters is 1. The molecule has 2 rings (SSSR count). The Labute approximate surface area is 125 Å². The van der Waals surface area contributed by atoms with Crippen LogP contribution in [0.15, 0.2) is 29.6 Å². The molecule has 2 aromatic rings. The van der Waals surface area contributed by atoms with Gasteiger partial charge in [0.15, 0.2) is 5.13 Å². The molecular weight excluding hydrogens is 292 g/mol. The highest BCUT2D eigenvalue weighted by Gasteiger charge is 2.16. The maximum absolute atomic E-state index is 11.5. The lowest BCUT2D eigenvalue weighted by Crippen LogP contribution is -2.24. The highest BCUT2D eigenvalue weighted by Crippen LogP contribution is 2.27. The molecule has 0 saturated heterocycles. The van der Waals surface area contributed by atoms with Crippen LogP contribution in [0.5, 0.6) is 5.75 Å². The molecule has 0 aliphatic carbocycles. The fourth-order valence-electron chi connectivity index (χ4n) is 1.59. The lowest BCUT2D eigenvalue weighted by molar-refractivity contribution is -0.152. The molecule has 1 aromatic carbocycles. The molecule has 0 radical (unpaired) electrons. The van der Waals surface area contributed by atoms with Gasteiger partial charge in [-0.3, -0.25) is 10.1 Å². The molecule has 1 N–H and O–H groups in total. The van der Waals surface area contributed by atoms with E-state index in [1.807, 2.05) is 24.3 Å². The van der Waals surface area contributed by atoms with Crippen LogP contribution < -0.4 is 10.1 Å². The number of rotatable bonds is 4. The van der Waals surface area contributed by atoms with Gasteiger partial charge in [0.05, 0.1) is 19.4 Å². The summed E-state index contributed by atoms with van der Waals surface area (Å²) in [5.41, 5.74) is 1.56. The molecule has 6 nitrogen and oxygen atoms in total. The number of benzene rings is 1. The van der Waals surface area contributed by atoms with E-state index >= 15 is 0 Å². The predicted octanol–water partition coefficient (Wildman–Crippen LogP) is 2.32. The SMILES string of the molecule is CCOC(=O)C(=O)Nc1nc(-c2cccc(OC)c2)cs1. The van der Waals surface area contributed by atoms with Gasteiger partial charge in [-0.2, -0.15) is 0 Å². The van der Waals surface area contributed by atoms with Gasteiger partial charge in [-0.1, -0.05) is 12.1 Å². The zero-order valence-electron chi connectivity index (χ0n) is 11.6. The standard InChI is InChI=1S/C14H14N2O4S/c1-3-20-13(18)12(17)16-14-15-11(8-21-14)9-5-4-6-10(7-9)19-2/h4-8H,3H2,1-2H3,(H,15,16,17). The van der Waals surface area contributed by atoms with Crippen LogP contribution in [0.4, 0.5) is 5.13 Å². The van der Waals surface area contributed by atoms with Crippen molar-refractivity contribution < 1.29 is 19.1 Å². The number of methoxy groups -OCH3 is 1. The maximum atomic E-state index is 11.5. The Morgan fingerprint density at radius 3 is 2.90 bits per heavy atom. The maximum Gasteiger partial charge on any atom is 0.397 e. The quantitative estimate of drug-likeness (QED) is 0.693. The van der Waals surface area contributed by atoms with Gasteiger partial charge in [0.2, 0.25) is 0 Å². The van der Waals surface area contributed by atoms with E-state index in [-0.39, 0.29) is 6.61 Å². The zero-order chi connectivity index (χ0) is 15.2. The highest BCUT2D eigenvalue weighted by atomic mass is 32.1. The fraction of sp³-hybridized carbons (Fsp3) is 0.214. The van der Waals surface area contributed by atoms with E-state index in [1.165, 1.54) is 11.3 Å². The summed E-state index contributed by atoms with van der Waals surface area (Å²) in [6.07, 6.45) is 0. The molecule has 0 bridgehead atoms. The summed E-state index contributed by atoms with van der Waals surface area (Å²) in [4.78, 5) is 27.0. The summed E-state index contributed by atoms with van der Waals surface area (Å²) in [5, 5.41) is 4.53. The van der Waals surface area contributed by atoms with Gasteiger partial charge in [0.25, 0.3) is 0 Å². The minimum Gasteiger partial charge on any atom is -0.497 e. The summed E-state index contributed by atoms with van der Waals surface area (Å²) in [5.74, 6) is -1.03. The van der Waals surface area contributed by atoms with Gasteiger partial charge >= 0.3 is 11.9 Å². The number of carbonyl (C=O) groups is 2. The van der Waals surface area contributed by atoms with E-state index in [0.717, 1.165) is 11.3 Å². The van der Waals surface area contributed by atoms with Gasteiger partial charge in [-0.25, -0.2) is 9.78 Å². The summed E-state index contributed by atoms with van der Waals surface area (Å²) in [7, 11) is 1.59. The van der Waals surface area contributed by atoms with E-state index in [4.69, 9.17) is 4.74 Å². The van der Waals surface area contributed by atoms with E-state index in [2.05, 4.69) is 15.0 Å². The second-order valence-electron chi connectivity index (χ2n) is 3.94. The average molecular weight is 306 g/mol. The van der Waals surface area contributed by atoms with Crippen molar-refractivity contribution in [3.05, 3.63) is 29.6 Å². The summed E-state index contributed by atoms with van der Waals surface area (Å²) >= 11 is 1.23. The summed E-state index contributed by atoms with van der Waals surface area (Å²) in [6, 6.07) is 7.41. The number of carbonyl (C=O) groups excluding carboxylic acids is 2. The Kier molecular flexibility index (Phi) is 4.89. The number of nitrogens with one attached hydrogen (secondary N) is 1. The first-order chi connectivity index (χ1) is 10.1. The minimum atomic E-state index is -0.921. The Balaban J connectivity index is 2.11. The number of hydrogen-bond donors (Lipinski definition) is 1. The molecule has 110 valence electrons. The van der Waals surface area contributed by atoms with Crippen molar-refractivity contribution in [2.24, 2.45) is 0 Å². The normalized spacial score (nSPS) is 10.0. The third kappa shape index (κ3) is 3.79. The van der Waals surface area contributed by atoms with Gasteiger partial charge < -0.3 is 9.47 Å². The molecule has 1 heterocycles. The van der Waals surface area contributed by atoms with Crippen molar-refractivity contribution in [3.8, 4) is 17.0 Å². The first kappa shape index (κ1) is 15.0. The molecule has 0 aliphatic rings. The number of hydrogen-bond acceptors (Lipinski definition) is 6. The topological polar surface area (TPSA) is 77.5 Å². The molecule has 1 aromatic heterocycles. The molecule has 0 saturated carbocycles. The second-order valence-corrected chi connectivity index (χ2v) is 4.80. The zero-order valence-corrected chi connectivity index (χ0v) is 12.4. The number of ether oxygens (including phenoxy) is 2. The van der Waals surface area contributed by atoms with Gasteiger partial charge in [-0.05, 0) is 19.1 Å². The molecule has 0 fully saturated rings. The number of anilines is 1. The summed E-state index contributed by atoms with van der Waals surface area (Å²) in [6.45, 7) is 1.79. The number of thiazole rings is 1. The van der Waals surface area contributed by atoms with Crippen LogP contribution >= 0.6 is 11.3 Å². The first-order valence-corrected chi connectivity index (χ1v) is 7.10. The molecule has 7 heteroatoms. The molecule has 21 heavy (non-hydrogen) atoms. The number of amides is 1. The monoisotopic (exact) mass is 306 g/mol. The van der Waals surface area contributed by atoms with Gasteiger partial charge in [0.1, 0.15) is 5.75 Å². The Hall–Kier alpha value is -2.41. The van der Waals surface area contributed by atoms with Gasteiger partial charge in [0, 0.05) is 10.9 Å². The molecule has 0 aliphatic heterocycles. The Morgan fingerprint density at radius 1 is 1.38 bits per heavy atom. The molecular formula is C14H14N2O4S. The van der Waals surface area contributed by atoms with Gasteiger partial charge in [-0.15, -0.1) is 11.3 Å². The van der Waals surface area contributed by atoms with Crippen LogP contribution in [0.25, 0.3) is 11.3 Å². The fourth-order valence-corrected chi connectivity index (χ4v) is 2.31. The van der Waals surface area contributed by atoms with Crippen LogP contribution in [-0.4, -0.2) is 30.6 Å². The minimum absolute atomic E-state index is 0.152. The van der Waals surface area contributed by atoms with Crippen molar-refractivity contribution in [1.29, 1.82) is 0 Å². The third-order valence-corrected chi connectivity index (χ3v) is 3.31. The van der Waals surface area contributed by atoms with Crippen LogP contribution in [0.2, 0.25) is 0 Å². The van der Waals surface area contributed by atoms with Crippen molar-refractivity contribution in [2.45, 2.75) is 6.92 Å². The van der Waals surface area contributed by atoms with E-state index in [1.54, 1.807) is 19.4 Å². The second kappa shape index (κ2) is 6.85. The third-order valence-electron chi connectivity index (χ3n) is 2.55. The first-order valence-electron chi connectivity index (χ1n) is 6.22. The number of nitrogens with zero attached hydrogens (tertiary/aromatic N) is 1. The highest BCUT2D eigenvalue weighted by molar-refractivity contribution is 7.14. The molecule has 0 spiro atoms. The van der Waals surface area contributed by atoms with E-state index < -0.39 is 11.9 Å². The Morgan fingerprint density at radius 2 is 2.19 bits per heavy atom. The lowest BCUT2D eigenvalue weighted by Gasteiger charge is -2.02. The van der Waals surface area contributed by atoms with Crippen LogP contribution in [-0.2, 0) is 14.3 Å². The largest absolute Gasteiger partial charge is 0.497 e. The summed E-state index contributed by atoms with van der Waals surface area (Å²) < 4.78 is 9.76. The molecule has 1 amide bonds. The average Bonchev–Trinajstić information content (AvgIpc) is 2.96. The van der Waals surface area contributed by atoms with Crippen LogP contribution in [0, 0.1) is 0 Å². The number of aromatic nitrogens is 1. The van der Waals surface area contributed by atoms with Crippen molar-refractivity contribution in [3.63, 3.8) is 0 Å². The smallest absolute Gasteiger partial charge is 0.397 e. The van der Waals surface area contributed by atoms with Crippen LogP contribution in [0.3, 0.4) is 0 Å². The Bertz CT molecular complexity index is 654. The lowest BCUT2D eigenvalue weighted by atomic mass is 10.2. The molecule has 0 atom stereocenters. The van der Waals surface area contributed by atoms with Crippen molar-refractivity contribution >= 4 is 28.3 Å². The van der Waals surface area contributed by atoms with Crippen LogP contribution in [0.1, 0.15) is 6.92 Å². The van der Waals surface area contributed by atoms with E-state index in [9.17, 15) is 9.59 Å². The van der Waals surface area contributed by atoms with E-state index in [0.29, 0.717) is 10.8 Å². The van der Waals surface area contributed by atoms with Crippen molar-refractivity contribution in [2.75, 3.05) is 19.0 Å². The van der Waals surface area contributed by atoms with Crippen molar-refractivity contribution in [1.82, 2.24) is 4.98 Å². The predicted molar refractivity (Wildman–Crippen MR) is 79.4 cm³/mol. The molecule has 0 unspecified atom stereocenters.